The molecule has 1 rings (SSSR count). The second kappa shape index (κ2) is 8.18. The fraction of sp³-hybridized carbons (Fsp3) is 0.789. The van der Waals surface area contributed by atoms with E-state index in [1.165, 1.54) is 6.92 Å². The Bertz CT molecular complexity index is 558. The fourth-order valence-electron chi connectivity index (χ4n) is 3.26. The molecule has 27 heavy (non-hydrogen) atoms. The number of ether oxygens (including phenoxy) is 1. The van der Waals surface area contributed by atoms with E-state index in [0.29, 0.717) is 0 Å². The Balaban J connectivity index is 0.00000676. The first kappa shape index (κ1) is 24.1. The van der Waals surface area contributed by atoms with Gasteiger partial charge in [0.2, 0.25) is 11.8 Å². The summed E-state index contributed by atoms with van der Waals surface area (Å²) in [5, 5.41) is 8.79. The molecule has 0 aromatic heterocycles. The SMILES string of the molecule is CC(COC(=O)CCN1C(=O)C(C(C)(C)C)C(C(C)(C)C)C1=O)C(=O)O.[Rf]. The third kappa shape index (κ3) is 5.53. The number of aliphatic carboxylic acids is 1. The van der Waals surface area contributed by atoms with Crippen LogP contribution in [0.2, 0.25) is 0 Å². The third-order valence-corrected chi connectivity index (χ3v) is 4.72. The van der Waals surface area contributed by atoms with E-state index in [2.05, 4.69) is 0 Å². The summed E-state index contributed by atoms with van der Waals surface area (Å²) < 4.78 is 4.91. The molecule has 1 saturated heterocycles. The van der Waals surface area contributed by atoms with E-state index < -0.39 is 29.7 Å². The number of amides is 2. The smallest absolute Gasteiger partial charge is 0.309 e. The minimum Gasteiger partial charge on any atom is -0.481 e. The van der Waals surface area contributed by atoms with Gasteiger partial charge in [0.15, 0.2) is 0 Å². The summed E-state index contributed by atoms with van der Waals surface area (Å²) in [5.74, 6) is -3.88. The molecule has 0 saturated carbocycles. The van der Waals surface area contributed by atoms with Crippen molar-refractivity contribution in [2.75, 3.05) is 13.2 Å². The molecular formula is C19H31NO6Rf. The maximum absolute atomic E-state index is 12.9. The number of nitrogens with zero attached hydrogens (tertiary/aromatic N) is 1. The normalized spacial score (nSPS) is 21.7. The molecule has 3 atom stereocenters. The first-order valence-electron chi connectivity index (χ1n) is 8.91. The van der Waals surface area contributed by atoms with Gasteiger partial charge in [0.1, 0.15) is 6.61 Å². The Morgan fingerprint density at radius 3 is 1.78 bits per heavy atom. The van der Waals surface area contributed by atoms with Crippen molar-refractivity contribution < 1.29 is 29.0 Å². The molecule has 2 amide bonds. The molecule has 0 aliphatic carbocycles. The van der Waals surface area contributed by atoms with Gasteiger partial charge in [-0.2, -0.15) is 0 Å². The number of carboxylic acids is 1. The van der Waals surface area contributed by atoms with Crippen LogP contribution >= 0.6 is 0 Å². The predicted octanol–water partition coefficient (Wildman–Crippen LogP) is 2.33. The molecule has 8 heteroatoms. The third-order valence-electron chi connectivity index (χ3n) is 4.72. The van der Waals surface area contributed by atoms with E-state index in [1.54, 1.807) is 0 Å². The molecule has 0 spiro atoms. The number of rotatable bonds is 6. The van der Waals surface area contributed by atoms with Gasteiger partial charge in [-0.1, -0.05) is 41.5 Å². The maximum atomic E-state index is 12.9. The molecule has 1 aliphatic heterocycles. The standard InChI is InChI=1S/C19H31NO6.Rf/c1-11(17(24)25)10-26-12(21)8-9-20-15(22)13(18(2,3)4)14(16(20)23)19(5,6)7;/h11,13-14H,8-10H2,1-7H3,(H,24,25);. The van der Waals surface area contributed by atoms with Crippen molar-refractivity contribution in [3.05, 3.63) is 0 Å². The molecule has 7 nitrogen and oxygen atoms in total. The number of hydrogen-bond acceptors (Lipinski definition) is 5. The zero-order chi connectivity index (χ0) is 20.4. The average molecular weight is 636 g/mol. The average Bonchev–Trinajstić information content (AvgIpc) is 2.73. The van der Waals surface area contributed by atoms with E-state index in [1.807, 2.05) is 41.5 Å². The minimum absolute atomic E-state index is 0. The van der Waals surface area contributed by atoms with Gasteiger partial charge in [-0.3, -0.25) is 24.1 Å². The molecule has 150 valence electrons. The number of hydrogen-bond donors (Lipinski definition) is 1. The maximum Gasteiger partial charge on any atom is 0.309 e. The van der Waals surface area contributed by atoms with Gasteiger partial charge in [-0.05, 0) is 17.8 Å². The summed E-state index contributed by atoms with van der Waals surface area (Å²) in [5.41, 5.74) is -0.756. The Hall–Kier alpha value is -2.92. The Kier molecular flexibility index (Phi) is 7.30. The molecular weight excluding hydrogens is 605 g/mol. The van der Waals surface area contributed by atoms with Gasteiger partial charge < -0.3 is 9.84 Å². The predicted molar refractivity (Wildman–Crippen MR) is 95.0 cm³/mol. The van der Waals surface area contributed by atoms with Crippen LogP contribution in [-0.4, -0.2) is 46.9 Å². The summed E-state index contributed by atoms with van der Waals surface area (Å²) in [4.78, 5) is 49.5. The zero-order valence-electron chi connectivity index (χ0n) is 17.5. The molecule has 3 unspecified atom stereocenters. The van der Waals surface area contributed by atoms with Gasteiger partial charge in [0.05, 0.1) is 24.2 Å². The van der Waals surface area contributed by atoms with Gasteiger partial charge in [0.25, 0.3) is 0 Å². The van der Waals surface area contributed by atoms with Crippen molar-refractivity contribution in [3.63, 3.8) is 0 Å². The summed E-state index contributed by atoms with van der Waals surface area (Å²) in [6.07, 6.45) is -0.141. The quantitative estimate of drug-likeness (QED) is 0.355. The van der Waals surface area contributed by atoms with Crippen molar-refractivity contribution in [1.82, 2.24) is 4.90 Å². The van der Waals surface area contributed by atoms with Crippen molar-refractivity contribution in [1.29, 1.82) is 0 Å². The van der Waals surface area contributed by atoms with Crippen molar-refractivity contribution in [2.45, 2.75) is 54.9 Å². The Labute approximate surface area is 155 Å². The van der Waals surface area contributed by atoms with Crippen LogP contribution in [0.1, 0.15) is 54.9 Å². The monoisotopic (exact) mass is 636 g/mol. The van der Waals surface area contributed by atoms with Crippen LogP contribution in [-0.2, 0) is 23.9 Å². The van der Waals surface area contributed by atoms with Crippen LogP contribution < -0.4 is 0 Å². The number of carboxylic acid groups (broad SMARTS) is 1. The van der Waals surface area contributed by atoms with E-state index in [4.69, 9.17) is 9.84 Å². The van der Waals surface area contributed by atoms with E-state index in [-0.39, 0.29) is 42.2 Å². The molecule has 1 heterocycles. The van der Waals surface area contributed by atoms with Gasteiger partial charge >= 0.3 is 11.9 Å². The number of carbonyl (C=O) groups excluding carboxylic acids is 3. The largest absolute Gasteiger partial charge is 0.481 e. The van der Waals surface area contributed by atoms with E-state index >= 15 is 0 Å². The van der Waals surface area contributed by atoms with Gasteiger partial charge in [-0.15, -0.1) is 0 Å². The van der Waals surface area contributed by atoms with Gasteiger partial charge in [-0.25, -0.2) is 0 Å². The number of likely N-dealkylation sites (tertiary alicyclic amines) is 1. The summed E-state index contributed by atoms with van der Waals surface area (Å²) in [7, 11) is 0. The molecule has 0 aromatic carbocycles. The molecule has 1 fully saturated rings. The topological polar surface area (TPSA) is 101 Å². The first-order chi connectivity index (χ1) is 11.7. The number of imide groups is 1. The van der Waals surface area contributed by atoms with Crippen molar-refractivity contribution in [3.8, 4) is 0 Å². The van der Waals surface area contributed by atoms with Gasteiger partial charge in [0, 0.05) is 6.54 Å². The second-order valence-electron chi connectivity index (χ2n) is 9.19. The Morgan fingerprint density at radius 1 is 1.04 bits per heavy atom. The van der Waals surface area contributed by atoms with Crippen LogP contribution in [0.4, 0.5) is 0 Å². The Morgan fingerprint density at radius 2 is 1.44 bits per heavy atom. The molecule has 0 radical (unpaired) electrons. The number of carbonyl (C=O) groups is 4. The molecule has 1 aliphatic rings. The fourth-order valence-corrected chi connectivity index (χ4v) is 3.26. The van der Waals surface area contributed by atoms with Crippen LogP contribution in [0.25, 0.3) is 0 Å². The molecule has 1 N–H and O–H groups in total. The number of esters is 1. The summed E-state index contributed by atoms with van der Waals surface area (Å²) in [6.45, 7) is 12.8. The molecule has 0 aromatic rings. The minimum atomic E-state index is -1.05. The van der Waals surface area contributed by atoms with Crippen LogP contribution in [0.3, 0.4) is 0 Å². The van der Waals surface area contributed by atoms with Crippen LogP contribution in [0.15, 0.2) is 0 Å². The van der Waals surface area contributed by atoms with Crippen molar-refractivity contribution >= 4 is 23.8 Å². The van der Waals surface area contributed by atoms with Crippen LogP contribution in [0.5, 0.6) is 0 Å². The van der Waals surface area contributed by atoms with Crippen molar-refractivity contribution in [2.24, 2.45) is 28.6 Å². The second-order valence-corrected chi connectivity index (χ2v) is 9.19. The summed E-state index contributed by atoms with van der Waals surface area (Å²) >= 11 is 0. The zero-order valence-corrected chi connectivity index (χ0v) is 23.9. The van der Waals surface area contributed by atoms with E-state index in [0.717, 1.165) is 4.90 Å². The van der Waals surface area contributed by atoms with E-state index in [9.17, 15) is 19.2 Å². The van der Waals surface area contributed by atoms with Crippen LogP contribution in [0, 0.1) is 28.6 Å². The molecule has 0 bridgehead atoms. The summed E-state index contributed by atoms with van der Waals surface area (Å²) in [6, 6.07) is 0. The first-order valence-corrected chi connectivity index (χ1v) is 8.91.